The molecule has 2 aromatic rings. The van der Waals surface area contributed by atoms with Gasteiger partial charge in [-0.05, 0) is 18.4 Å². The summed E-state index contributed by atoms with van der Waals surface area (Å²) in [6.45, 7) is 1.98. The van der Waals surface area contributed by atoms with E-state index in [-0.39, 0.29) is 5.56 Å². The number of thioether (sulfide) groups is 1. The van der Waals surface area contributed by atoms with Crippen molar-refractivity contribution in [3.8, 4) is 0 Å². The molecule has 5 heteroatoms. The summed E-state index contributed by atoms with van der Waals surface area (Å²) in [5.41, 5.74) is 0.846. The molecule has 0 radical (unpaired) electrons. The zero-order valence-electron chi connectivity index (χ0n) is 9.14. The lowest BCUT2D eigenvalue weighted by atomic mass is 10.5. The van der Waals surface area contributed by atoms with E-state index in [9.17, 15) is 4.79 Å². The molecule has 2 aromatic heterocycles. The van der Waals surface area contributed by atoms with Gasteiger partial charge in [0, 0.05) is 12.8 Å². The molecule has 0 N–H and O–H groups in total. The molecule has 0 aliphatic rings. The summed E-state index contributed by atoms with van der Waals surface area (Å²) < 4.78 is 2.35. The lowest BCUT2D eigenvalue weighted by molar-refractivity contribution is 0.728. The number of allylic oxidation sites excluding steroid dienone is 1. The van der Waals surface area contributed by atoms with Gasteiger partial charge in [0.25, 0.3) is 5.56 Å². The molecule has 0 aliphatic heterocycles. The fourth-order valence-electron chi connectivity index (χ4n) is 1.32. The van der Waals surface area contributed by atoms with Crippen molar-refractivity contribution in [2.24, 2.45) is 7.05 Å². The summed E-state index contributed by atoms with van der Waals surface area (Å²) in [5, 5.41) is 2.67. The van der Waals surface area contributed by atoms with E-state index < -0.39 is 0 Å². The average molecular weight is 252 g/mol. The highest BCUT2D eigenvalue weighted by Crippen LogP contribution is 2.19. The van der Waals surface area contributed by atoms with Crippen LogP contribution in [0.1, 0.15) is 6.92 Å². The molecule has 0 aliphatic carbocycles. The van der Waals surface area contributed by atoms with E-state index in [0.29, 0.717) is 0 Å². The average Bonchev–Trinajstić information content (AvgIpc) is 2.73. The summed E-state index contributed by atoms with van der Waals surface area (Å²) >= 11 is 3.02. The van der Waals surface area contributed by atoms with Crippen molar-refractivity contribution in [2.45, 2.75) is 12.1 Å². The molecule has 0 spiro atoms. The molecule has 0 atom stereocenters. The minimum absolute atomic E-state index is 0.0444. The van der Waals surface area contributed by atoms with Gasteiger partial charge in [0.2, 0.25) is 0 Å². The van der Waals surface area contributed by atoms with Gasteiger partial charge < -0.3 is 0 Å². The van der Waals surface area contributed by atoms with Crippen LogP contribution >= 0.6 is 23.1 Å². The Hall–Kier alpha value is -1.07. The van der Waals surface area contributed by atoms with Crippen LogP contribution < -0.4 is 5.56 Å². The molecule has 0 saturated carbocycles. The van der Waals surface area contributed by atoms with Crippen molar-refractivity contribution >= 4 is 33.3 Å². The van der Waals surface area contributed by atoms with Crippen LogP contribution in [0.5, 0.6) is 0 Å². The normalized spacial score (nSPS) is 11.6. The number of thiophene rings is 1. The molecule has 0 unspecified atom stereocenters. The second kappa shape index (κ2) is 4.84. The molecular formula is C11H12N2OS2. The van der Waals surface area contributed by atoms with Gasteiger partial charge in [-0.15, -0.1) is 11.3 Å². The smallest absolute Gasteiger partial charge is 0.271 e. The van der Waals surface area contributed by atoms with E-state index in [0.717, 1.165) is 21.1 Å². The fraction of sp³-hybridized carbons (Fsp3) is 0.273. The number of hydrogen-bond donors (Lipinski definition) is 0. The Kier molecular flexibility index (Phi) is 3.46. The van der Waals surface area contributed by atoms with Gasteiger partial charge in [-0.3, -0.25) is 9.36 Å². The highest BCUT2D eigenvalue weighted by atomic mass is 32.2. The topological polar surface area (TPSA) is 34.9 Å². The van der Waals surface area contributed by atoms with Crippen LogP contribution in [0, 0.1) is 0 Å². The van der Waals surface area contributed by atoms with E-state index in [1.807, 2.05) is 24.4 Å². The Labute approximate surface area is 102 Å². The van der Waals surface area contributed by atoms with Crippen molar-refractivity contribution < 1.29 is 0 Å². The molecule has 16 heavy (non-hydrogen) atoms. The predicted octanol–water partition coefficient (Wildman–Crippen LogP) is 2.66. The maximum absolute atomic E-state index is 11.9. The van der Waals surface area contributed by atoms with Crippen LogP contribution in [-0.4, -0.2) is 15.3 Å². The largest absolute Gasteiger partial charge is 0.290 e. The Morgan fingerprint density at radius 3 is 3.19 bits per heavy atom. The zero-order chi connectivity index (χ0) is 11.5. The van der Waals surface area contributed by atoms with E-state index in [2.05, 4.69) is 11.1 Å². The molecule has 3 nitrogen and oxygen atoms in total. The Bertz CT molecular complexity index is 583. The van der Waals surface area contributed by atoms with Crippen LogP contribution in [0.3, 0.4) is 0 Å². The Balaban J connectivity index is 2.45. The number of nitrogens with zero attached hydrogens (tertiary/aromatic N) is 2. The molecule has 2 heterocycles. The van der Waals surface area contributed by atoms with Gasteiger partial charge in [0.05, 0.1) is 5.52 Å². The van der Waals surface area contributed by atoms with Gasteiger partial charge in [-0.2, -0.15) is 0 Å². The molecule has 0 saturated heterocycles. The second-order valence-electron chi connectivity index (χ2n) is 3.27. The van der Waals surface area contributed by atoms with Crippen molar-refractivity contribution in [3.63, 3.8) is 0 Å². The van der Waals surface area contributed by atoms with Crippen LogP contribution in [0.2, 0.25) is 0 Å². The minimum atomic E-state index is 0.0444. The van der Waals surface area contributed by atoms with Gasteiger partial charge >= 0.3 is 0 Å². The second-order valence-corrected chi connectivity index (χ2v) is 5.18. The van der Waals surface area contributed by atoms with Crippen molar-refractivity contribution in [1.29, 1.82) is 0 Å². The lowest BCUT2D eigenvalue weighted by Crippen LogP contribution is -2.18. The molecule has 0 bridgehead atoms. The zero-order valence-corrected chi connectivity index (χ0v) is 10.8. The number of rotatable bonds is 3. The van der Waals surface area contributed by atoms with Gasteiger partial charge in [-0.25, -0.2) is 4.98 Å². The highest BCUT2D eigenvalue weighted by molar-refractivity contribution is 7.99. The third kappa shape index (κ3) is 2.05. The monoisotopic (exact) mass is 252 g/mol. The summed E-state index contributed by atoms with van der Waals surface area (Å²) in [6, 6.07) is 1.89. The maximum Gasteiger partial charge on any atom is 0.271 e. The summed E-state index contributed by atoms with van der Waals surface area (Å²) in [7, 11) is 1.77. The first-order valence-electron chi connectivity index (χ1n) is 4.92. The minimum Gasteiger partial charge on any atom is -0.290 e. The van der Waals surface area contributed by atoms with E-state index in [4.69, 9.17) is 0 Å². The van der Waals surface area contributed by atoms with Crippen LogP contribution in [0.25, 0.3) is 10.2 Å². The fourth-order valence-corrected chi connectivity index (χ4v) is 3.00. The highest BCUT2D eigenvalue weighted by Gasteiger charge is 2.08. The summed E-state index contributed by atoms with van der Waals surface area (Å²) in [6.07, 6.45) is 4.04. The molecule has 0 aromatic carbocycles. The van der Waals surface area contributed by atoms with E-state index in [1.165, 1.54) is 11.3 Å². The molecule has 0 amide bonds. The Morgan fingerprint density at radius 1 is 1.62 bits per heavy atom. The Morgan fingerprint density at radius 2 is 2.44 bits per heavy atom. The van der Waals surface area contributed by atoms with Gasteiger partial charge in [-0.1, -0.05) is 23.9 Å². The van der Waals surface area contributed by atoms with Gasteiger partial charge in [0.15, 0.2) is 5.16 Å². The van der Waals surface area contributed by atoms with Crippen LogP contribution in [0.15, 0.2) is 33.5 Å². The number of aromatic nitrogens is 2. The molecule has 2 rings (SSSR count). The molecule has 0 fully saturated rings. The standard InChI is InChI=1S/C11H12N2OS2/c1-3-4-6-16-11-12-8-5-7-15-9(8)10(14)13(11)2/h3-5,7H,6H2,1-2H3/b4-3+. The van der Waals surface area contributed by atoms with E-state index >= 15 is 0 Å². The van der Waals surface area contributed by atoms with Crippen molar-refractivity contribution in [1.82, 2.24) is 9.55 Å². The summed E-state index contributed by atoms with van der Waals surface area (Å²) in [4.78, 5) is 16.4. The lowest BCUT2D eigenvalue weighted by Gasteiger charge is -2.04. The molecular weight excluding hydrogens is 240 g/mol. The first-order chi connectivity index (χ1) is 7.74. The quantitative estimate of drug-likeness (QED) is 0.478. The van der Waals surface area contributed by atoms with Crippen LogP contribution in [0.4, 0.5) is 0 Å². The first kappa shape index (κ1) is 11.4. The van der Waals surface area contributed by atoms with Crippen molar-refractivity contribution in [3.05, 3.63) is 34.0 Å². The summed E-state index contributed by atoms with van der Waals surface area (Å²) in [5.74, 6) is 0.840. The van der Waals surface area contributed by atoms with Crippen LogP contribution in [-0.2, 0) is 7.05 Å². The predicted molar refractivity (Wildman–Crippen MR) is 70.4 cm³/mol. The van der Waals surface area contributed by atoms with Gasteiger partial charge in [0.1, 0.15) is 4.70 Å². The SMILES string of the molecule is C/C=C/CSc1nc2ccsc2c(=O)n1C. The van der Waals surface area contributed by atoms with E-state index in [1.54, 1.807) is 23.4 Å². The molecule has 84 valence electrons. The maximum atomic E-state index is 11.9. The third-order valence-electron chi connectivity index (χ3n) is 2.19. The first-order valence-corrected chi connectivity index (χ1v) is 6.78. The third-order valence-corrected chi connectivity index (χ3v) is 4.06. The van der Waals surface area contributed by atoms with Crippen molar-refractivity contribution in [2.75, 3.05) is 5.75 Å². The number of fused-ring (bicyclic) bond motifs is 1. The number of hydrogen-bond acceptors (Lipinski definition) is 4.